The second kappa shape index (κ2) is 7.31. The molecular formula is C13H20ClN3O2. The van der Waals surface area contributed by atoms with Crippen LogP contribution in [0.1, 0.15) is 32.3 Å². The SMILES string of the molecule is CCC(O)(CC)CNC(=O)NCc1ccc(Cl)nc1. The van der Waals surface area contributed by atoms with Crippen LogP contribution in [0.15, 0.2) is 18.3 Å². The molecule has 0 atom stereocenters. The molecule has 1 rings (SSSR count). The highest BCUT2D eigenvalue weighted by Gasteiger charge is 2.22. The van der Waals surface area contributed by atoms with E-state index in [0.29, 0.717) is 24.5 Å². The topological polar surface area (TPSA) is 74.2 Å². The van der Waals surface area contributed by atoms with Gasteiger partial charge >= 0.3 is 6.03 Å². The molecule has 0 unspecified atom stereocenters. The zero-order chi connectivity index (χ0) is 14.3. The number of amides is 2. The Morgan fingerprint density at radius 1 is 1.37 bits per heavy atom. The second-order valence-electron chi connectivity index (χ2n) is 4.46. The van der Waals surface area contributed by atoms with Crippen molar-refractivity contribution >= 4 is 17.6 Å². The molecule has 0 aliphatic carbocycles. The predicted molar refractivity (Wildman–Crippen MR) is 75.0 cm³/mol. The van der Waals surface area contributed by atoms with E-state index in [1.54, 1.807) is 18.3 Å². The molecule has 19 heavy (non-hydrogen) atoms. The summed E-state index contributed by atoms with van der Waals surface area (Å²) in [5.74, 6) is 0. The molecule has 0 fully saturated rings. The van der Waals surface area contributed by atoms with Crippen LogP contribution < -0.4 is 10.6 Å². The lowest BCUT2D eigenvalue weighted by Gasteiger charge is -2.25. The Kier molecular flexibility index (Phi) is 6.05. The van der Waals surface area contributed by atoms with Gasteiger partial charge in [-0.2, -0.15) is 0 Å². The minimum Gasteiger partial charge on any atom is -0.388 e. The molecule has 106 valence electrons. The smallest absolute Gasteiger partial charge is 0.315 e. The zero-order valence-corrected chi connectivity index (χ0v) is 12.0. The maximum Gasteiger partial charge on any atom is 0.315 e. The van der Waals surface area contributed by atoms with Crippen molar-refractivity contribution in [3.8, 4) is 0 Å². The number of nitrogens with zero attached hydrogens (tertiary/aromatic N) is 1. The molecule has 1 aromatic heterocycles. The number of aromatic nitrogens is 1. The third kappa shape index (κ3) is 5.44. The molecule has 5 nitrogen and oxygen atoms in total. The Labute approximate surface area is 118 Å². The first kappa shape index (κ1) is 15.7. The zero-order valence-electron chi connectivity index (χ0n) is 11.2. The largest absolute Gasteiger partial charge is 0.388 e. The molecule has 1 heterocycles. The van der Waals surface area contributed by atoms with Crippen LogP contribution in [0.25, 0.3) is 0 Å². The molecule has 0 spiro atoms. The number of halogens is 1. The molecular weight excluding hydrogens is 266 g/mol. The van der Waals surface area contributed by atoms with Gasteiger partial charge in [0.25, 0.3) is 0 Å². The van der Waals surface area contributed by atoms with Crippen LogP contribution in [0.4, 0.5) is 4.79 Å². The molecule has 0 bridgehead atoms. The van der Waals surface area contributed by atoms with Gasteiger partial charge in [0.05, 0.1) is 5.60 Å². The van der Waals surface area contributed by atoms with Gasteiger partial charge in [-0.15, -0.1) is 0 Å². The molecule has 0 saturated heterocycles. The number of carbonyl (C=O) groups is 1. The number of nitrogens with one attached hydrogen (secondary N) is 2. The van der Waals surface area contributed by atoms with Crippen molar-refractivity contribution in [2.45, 2.75) is 38.8 Å². The van der Waals surface area contributed by atoms with E-state index in [1.165, 1.54) is 0 Å². The van der Waals surface area contributed by atoms with Gasteiger partial charge in [-0.3, -0.25) is 0 Å². The van der Waals surface area contributed by atoms with E-state index in [1.807, 2.05) is 13.8 Å². The van der Waals surface area contributed by atoms with Gasteiger partial charge in [0.1, 0.15) is 5.15 Å². The Hall–Kier alpha value is -1.33. The summed E-state index contributed by atoms with van der Waals surface area (Å²) >= 11 is 5.67. The molecule has 0 aliphatic rings. The fourth-order valence-corrected chi connectivity index (χ4v) is 1.61. The average molecular weight is 286 g/mol. The molecule has 0 radical (unpaired) electrons. The minimum absolute atomic E-state index is 0.241. The lowest BCUT2D eigenvalue weighted by Crippen LogP contribution is -2.45. The van der Waals surface area contributed by atoms with Crippen molar-refractivity contribution in [3.05, 3.63) is 29.0 Å². The van der Waals surface area contributed by atoms with Crippen molar-refractivity contribution in [2.75, 3.05) is 6.54 Å². The Bertz CT molecular complexity index is 405. The van der Waals surface area contributed by atoms with Gasteiger partial charge in [0.2, 0.25) is 0 Å². The fourth-order valence-electron chi connectivity index (χ4n) is 1.50. The highest BCUT2D eigenvalue weighted by Crippen LogP contribution is 2.12. The maximum absolute atomic E-state index is 11.6. The molecule has 0 saturated carbocycles. The summed E-state index contributed by atoms with van der Waals surface area (Å²) in [4.78, 5) is 15.5. The standard InChI is InChI=1S/C13H20ClN3O2/c1-3-13(19,4-2)9-17-12(18)16-8-10-5-6-11(14)15-7-10/h5-7,19H,3-4,8-9H2,1-2H3,(H2,16,17,18). The molecule has 0 aromatic carbocycles. The number of carbonyl (C=O) groups excluding carboxylic acids is 1. The van der Waals surface area contributed by atoms with Crippen molar-refractivity contribution < 1.29 is 9.90 Å². The van der Waals surface area contributed by atoms with E-state index in [2.05, 4.69) is 15.6 Å². The van der Waals surface area contributed by atoms with Gasteiger partial charge in [-0.1, -0.05) is 31.5 Å². The summed E-state index contributed by atoms with van der Waals surface area (Å²) in [6.07, 6.45) is 2.81. The highest BCUT2D eigenvalue weighted by molar-refractivity contribution is 6.29. The van der Waals surface area contributed by atoms with Crippen LogP contribution in [0, 0.1) is 0 Å². The first-order valence-corrected chi connectivity index (χ1v) is 6.71. The molecule has 2 amide bonds. The molecule has 0 aliphatic heterocycles. The summed E-state index contributed by atoms with van der Waals surface area (Å²) in [7, 11) is 0. The number of pyridine rings is 1. The van der Waals surface area contributed by atoms with Crippen LogP contribution in [0.5, 0.6) is 0 Å². The number of hydrogen-bond donors (Lipinski definition) is 3. The number of aliphatic hydroxyl groups is 1. The van der Waals surface area contributed by atoms with E-state index < -0.39 is 5.60 Å². The third-order valence-electron chi connectivity index (χ3n) is 3.14. The van der Waals surface area contributed by atoms with E-state index >= 15 is 0 Å². The monoisotopic (exact) mass is 285 g/mol. The van der Waals surface area contributed by atoms with Gasteiger partial charge in [-0.25, -0.2) is 9.78 Å². The van der Waals surface area contributed by atoms with Crippen molar-refractivity contribution in [1.82, 2.24) is 15.6 Å². The third-order valence-corrected chi connectivity index (χ3v) is 3.36. The van der Waals surface area contributed by atoms with Crippen LogP contribution in [0.3, 0.4) is 0 Å². The van der Waals surface area contributed by atoms with E-state index in [4.69, 9.17) is 11.6 Å². The average Bonchev–Trinajstić information content (AvgIpc) is 2.44. The first-order chi connectivity index (χ1) is 8.99. The Balaban J connectivity index is 2.34. The summed E-state index contributed by atoms with van der Waals surface area (Å²) in [6.45, 7) is 4.39. The van der Waals surface area contributed by atoms with Crippen LogP contribution in [-0.2, 0) is 6.54 Å². The summed E-state index contributed by atoms with van der Waals surface area (Å²) in [5, 5.41) is 15.8. The lowest BCUT2D eigenvalue weighted by molar-refractivity contribution is 0.0349. The molecule has 1 aromatic rings. The maximum atomic E-state index is 11.6. The Morgan fingerprint density at radius 3 is 2.58 bits per heavy atom. The first-order valence-electron chi connectivity index (χ1n) is 6.33. The summed E-state index contributed by atoms with van der Waals surface area (Å²) in [5.41, 5.74) is 0.0277. The quantitative estimate of drug-likeness (QED) is 0.701. The molecule has 3 N–H and O–H groups in total. The second-order valence-corrected chi connectivity index (χ2v) is 4.84. The van der Waals surface area contributed by atoms with E-state index in [9.17, 15) is 9.90 Å². The van der Waals surface area contributed by atoms with Gasteiger partial charge < -0.3 is 15.7 Å². The number of rotatable bonds is 6. The van der Waals surface area contributed by atoms with Crippen LogP contribution in [-0.4, -0.2) is 28.3 Å². The fraction of sp³-hybridized carbons (Fsp3) is 0.538. The number of urea groups is 1. The van der Waals surface area contributed by atoms with E-state index in [-0.39, 0.29) is 12.6 Å². The normalized spacial score (nSPS) is 11.2. The van der Waals surface area contributed by atoms with Crippen LogP contribution in [0.2, 0.25) is 5.15 Å². The van der Waals surface area contributed by atoms with Crippen molar-refractivity contribution in [3.63, 3.8) is 0 Å². The van der Waals surface area contributed by atoms with Gasteiger partial charge in [0, 0.05) is 19.3 Å². The Morgan fingerprint density at radius 2 is 2.05 bits per heavy atom. The highest BCUT2D eigenvalue weighted by atomic mass is 35.5. The van der Waals surface area contributed by atoms with E-state index in [0.717, 1.165) is 5.56 Å². The van der Waals surface area contributed by atoms with Gasteiger partial charge in [-0.05, 0) is 24.5 Å². The summed E-state index contributed by atoms with van der Waals surface area (Å²) < 4.78 is 0. The van der Waals surface area contributed by atoms with Crippen LogP contribution >= 0.6 is 11.6 Å². The summed E-state index contributed by atoms with van der Waals surface area (Å²) in [6, 6.07) is 3.16. The minimum atomic E-state index is -0.834. The number of hydrogen-bond acceptors (Lipinski definition) is 3. The molecule has 6 heteroatoms. The lowest BCUT2D eigenvalue weighted by atomic mass is 9.98. The van der Waals surface area contributed by atoms with Crippen molar-refractivity contribution in [1.29, 1.82) is 0 Å². The van der Waals surface area contributed by atoms with Crippen molar-refractivity contribution in [2.24, 2.45) is 0 Å². The predicted octanol–water partition coefficient (Wildman–Crippen LogP) is 2.09. The van der Waals surface area contributed by atoms with Gasteiger partial charge in [0.15, 0.2) is 0 Å².